The Morgan fingerprint density at radius 1 is 1.16 bits per heavy atom. The number of aryl methyl sites for hydroxylation is 1. The molecule has 0 amide bonds. The topological polar surface area (TPSA) is 17.1 Å². The molecule has 0 aromatic heterocycles. The first-order chi connectivity index (χ1) is 8.91. The van der Waals surface area contributed by atoms with E-state index in [4.69, 9.17) is 11.6 Å². The van der Waals surface area contributed by atoms with Gasteiger partial charge in [0.1, 0.15) is 0 Å². The second kappa shape index (κ2) is 5.73. The number of rotatable bonds is 2. The van der Waals surface area contributed by atoms with Gasteiger partial charge in [0.25, 0.3) is 0 Å². The summed E-state index contributed by atoms with van der Waals surface area (Å²) < 4.78 is 15.2. The number of benzene rings is 2. The third kappa shape index (κ3) is 2.91. The van der Waals surface area contributed by atoms with E-state index in [2.05, 4.69) is 31.9 Å². The van der Waals surface area contributed by atoms with Gasteiger partial charge >= 0.3 is 0 Å². The highest BCUT2D eigenvalue weighted by molar-refractivity contribution is 9.10. The Hall–Kier alpha value is -0.710. The van der Waals surface area contributed by atoms with Crippen molar-refractivity contribution < 1.29 is 9.18 Å². The summed E-state index contributed by atoms with van der Waals surface area (Å²) in [4.78, 5) is 12.3. The predicted molar refractivity (Wildman–Crippen MR) is 81.4 cm³/mol. The lowest BCUT2D eigenvalue weighted by molar-refractivity contribution is 0.103. The largest absolute Gasteiger partial charge is 0.288 e. The molecule has 0 saturated carbocycles. The molecule has 0 aliphatic rings. The molecular formula is C14H8Br2ClFO. The van der Waals surface area contributed by atoms with Crippen LogP contribution >= 0.6 is 43.5 Å². The minimum absolute atomic E-state index is 0.0380. The van der Waals surface area contributed by atoms with Crippen LogP contribution in [0.25, 0.3) is 0 Å². The van der Waals surface area contributed by atoms with Gasteiger partial charge in [0, 0.05) is 14.5 Å². The SMILES string of the molecule is Cc1ccc(C(=O)c2ccc(Br)c(Cl)c2F)cc1Br. The molecule has 0 radical (unpaired) electrons. The molecule has 0 unspecified atom stereocenters. The zero-order chi connectivity index (χ0) is 14.2. The van der Waals surface area contributed by atoms with Crippen molar-refractivity contribution in [2.24, 2.45) is 0 Å². The van der Waals surface area contributed by atoms with Crippen LogP contribution in [-0.4, -0.2) is 5.78 Å². The lowest BCUT2D eigenvalue weighted by atomic mass is 10.0. The van der Waals surface area contributed by atoms with Crippen LogP contribution in [0.15, 0.2) is 39.3 Å². The molecule has 2 rings (SSSR count). The van der Waals surface area contributed by atoms with E-state index in [-0.39, 0.29) is 10.6 Å². The maximum atomic E-state index is 14.0. The van der Waals surface area contributed by atoms with Crippen molar-refractivity contribution in [2.45, 2.75) is 6.92 Å². The summed E-state index contributed by atoms with van der Waals surface area (Å²) in [5, 5.41) is -0.0861. The number of hydrogen-bond acceptors (Lipinski definition) is 1. The molecule has 0 atom stereocenters. The second-order valence-electron chi connectivity index (χ2n) is 4.02. The highest BCUT2D eigenvalue weighted by Gasteiger charge is 2.18. The molecule has 0 fully saturated rings. The van der Waals surface area contributed by atoms with Crippen LogP contribution in [0.1, 0.15) is 21.5 Å². The molecule has 0 bridgehead atoms. The van der Waals surface area contributed by atoms with Gasteiger partial charge in [-0.25, -0.2) is 4.39 Å². The minimum atomic E-state index is -0.710. The van der Waals surface area contributed by atoms with Gasteiger partial charge in [-0.15, -0.1) is 0 Å². The molecule has 5 heteroatoms. The molecule has 0 aliphatic heterocycles. The summed E-state index contributed by atoms with van der Waals surface area (Å²) in [6.07, 6.45) is 0. The normalized spacial score (nSPS) is 10.6. The van der Waals surface area contributed by atoms with E-state index in [1.165, 1.54) is 6.07 Å². The van der Waals surface area contributed by atoms with Crippen molar-refractivity contribution in [1.82, 2.24) is 0 Å². The lowest BCUT2D eigenvalue weighted by Gasteiger charge is -2.07. The summed E-state index contributed by atoms with van der Waals surface area (Å²) in [5.41, 5.74) is 1.38. The van der Waals surface area contributed by atoms with Gasteiger partial charge < -0.3 is 0 Å². The molecule has 98 valence electrons. The summed E-state index contributed by atoms with van der Waals surface area (Å²) in [6, 6.07) is 8.11. The van der Waals surface area contributed by atoms with Gasteiger partial charge in [-0.05, 0) is 46.6 Å². The predicted octanol–water partition coefficient (Wildman–Crippen LogP) is 5.54. The van der Waals surface area contributed by atoms with Crippen molar-refractivity contribution in [1.29, 1.82) is 0 Å². The van der Waals surface area contributed by atoms with Crippen LogP contribution < -0.4 is 0 Å². The molecule has 2 aromatic carbocycles. The van der Waals surface area contributed by atoms with E-state index in [9.17, 15) is 9.18 Å². The van der Waals surface area contributed by atoms with Crippen molar-refractivity contribution in [3.8, 4) is 0 Å². The monoisotopic (exact) mass is 404 g/mol. The summed E-state index contributed by atoms with van der Waals surface area (Å²) in [6.45, 7) is 1.91. The Morgan fingerprint density at radius 3 is 2.47 bits per heavy atom. The van der Waals surface area contributed by atoms with Gasteiger partial charge in [0.15, 0.2) is 11.6 Å². The third-order valence-electron chi connectivity index (χ3n) is 2.71. The van der Waals surface area contributed by atoms with Crippen molar-refractivity contribution in [3.63, 3.8) is 0 Å². The molecule has 1 nitrogen and oxygen atoms in total. The Balaban J connectivity index is 2.50. The van der Waals surface area contributed by atoms with E-state index in [0.717, 1.165) is 10.0 Å². The minimum Gasteiger partial charge on any atom is -0.288 e. The van der Waals surface area contributed by atoms with E-state index in [0.29, 0.717) is 10.0 Å². The van der Waals surface area contributed by atoms with E-state index in [1.54, 1.807) is 24.3 Å². The second-order valence-corrected chi connectivity index (χ2v) is 6.10. The highest BCUT2D eigenvalue weighted by Crippen LogP contribution is 2.29. The molecule has 0 spiro atoms. The zero-order valence-electron chi connectivity index (χ0n) is 9.81. The Morgan fingerprint density at radius 2 is 1.84 bits per heavy atom. The van der Waals surface area contributed by atoms with Gasteiger partial charge in [-0.2, -0.15) is 0 Å². The summed E-state index contributed by atoms with van der Waals surface area (Å²) in [5.74, 6) is -1.11. The molecule has 0 aliphatic carbocycles. The zero-order valence-corrected chi connectivity index (χ0v) is 13.7. The van der Waals surface area contributed by atoms with Crippen LogP contribution in [0.5, 0.6) is 0 Å². The van der Waals surface area contributed by atoms with Gasteiger partial charge in [-0.1, -0.05) is 39.7 Å². The standard InChI is InChI=1S/C14H8Br2ClFO/c1-7-2-3-8(6-11(7)16)14(19)9-4-5-10(15)12(17)13(9)18/h2-6H,1H3. The fourth-order valence-corrected chi connectivity index (χ4v) is 2.44. The Bertz CT molecular complexity index is 671. The maximum Gasteiger partial charge on any atom is 0.196 e. The van der Waals surface area contributed by atoms with E-state index < -0.39 is 11.6 Å². The first-order valence-electron chi connectivity index (χ1n) is 5.36. The van der Waals surface area contributed by atoms with Crippen LogP contribution in [0.3, 0.4) is 0 Å². The molecule has 0 N–H and O–H groups in total. The number of carbonyl (C=O) groups excluding carboxylic acids is 1. The van der Waals surface area contributed by atoms with Crippen molar-refractivity contribution in [2.75, 3.05) is 0 Å². The highest BCUT2D eigenvalue weighted by atomic mass is 79.9. The number of carbonyl (C=O) groups is 1. The molecule has 19 heavy (non-hydrogen) atoms. The lowest BCUT2D eigenvalue weighted by Crippen LogP contribution is -2.05. The number of hydrogen-bond donors (Lipinski definition) is 0. The maximum absolute atomic E-state index is 14.0. The van der Waals surface area contributed by atoms with Crippen molar-refractivity contribution >= 4 is 49.2 Å². The molecule has 0 heterocycles. The first-order valence-corrected chi connectivity index (χ1v) is 7.32. The smallest absolute Gasteiger partial charge is 0.196 e. The van der Waals surface area contributed by atoms with Crippen molar-refractivity contribution in [3.05, 3.63) is 66.8 Å². The van der Waals surface area contributed by atoms with E-state index >= 15 is 0 Å². The quantitative estimate of drug-likeness (QED) is 0.473. The number of halogens is 4. The first kappa shape index (κ1) is 14.7. The summed E-state index contributed by atoms with van der Waals surface area (Å²) in [7, 11) is 0. The van der Waals surface area contributed by atoms with Crippen LogP contribution in [0, 0.1) is 12.7 Å². The fourth-order valence-electron chi connectivity index (χ4n) is 1.59. The summed E-state index contributed by atoms with van der Waals surface area (Å²) >= 11 is 12.3. The Labute approximate surface area is 132 Å². The van der Waals surface area contributed by atoms with Crippen LogP contribution in [0.2, 0.25) is 5.02 Å². The Kier molecular flexibility index (Phi) is 4.43. The van der Waals surface area contributed by atoms with Gasteiger partial charge in [-0.3, -0.25) is 4.79 Å². The molecule has 2 aromatic rings. The molecule has 0 saturated heterocycles. The third-order valence-corrected chi connectivity index (χ3v) is 4.83. The van der Waals surface area contributed by atoms with Crippen LogP contribution in [-0.2, 0) is 0 Å². The van der Waals surface area contributed by atoms with E-state index in [1.807, 2.05) is 6.92 Å². The fraction of sp³-hybridized carbons (Fsp3) is 0.0714. The van der Waals surface area contributed by atoms with Gasteiger partial charge in [0.05, 0.1) is 10.6 Å². The average Bonchev–Trinajstić information content (AvgIpc) is 2.39. The average molecular weight is 406 g/mol. The number of ketones is 1. The van der Waals surface area contributed by atoms with Crippen LogP contribution in [0.4, 0.5) is 4.39 Å². The molecular weight excluding hydrogens is 398 g/mol. The van der Waals surface area contributed by atoms with Gasteiger partial charge in [0.2, 0.25) is 0 Å².